The number of nitrogens with one attached hydrogen (secondary N) is 1. The van der Waals surface area contributed by atoms with E-state index < -0.39 is 17.9 Å². The molecule has 0 spiro atoms. The van der Waals surface area contributed by atoms with Gasteiger partial charge in [-0.25, -0.2) is 4.79 Å². The summed E-state index contributed by atoms with van der Waals surface area (Å²) in [5, 5.41) is 13.9. The van der Waals surface area contributed by atoms with Gasteiger partial charge < -0.3 is 10.4 Å². The number of carboxylic acid groups (broad SMARTS) is 1. The Kier molecular flexibility index (Phi) is 4.98. The molecule has 0 saturated heterocycles. The Bertz CT molecular complexity index is 654. The smallest absolute Gasteiger partial charge is 0.326 e. The van der Waals surface area contributed by atoms with E-state index in [1.807, 2.05) is 30.3 Å². The van der Waals surface area contributed by atoms with E-state index in [0.29, 0.717) is 9.90 Å². The fourth-order valence-corrected chi connectivity index (χ4v) is 3.04. The van der Waals surface area contributed by atoms with Crippen LogP contribution in [0, 0.1) is 6.92 Å². The highest BCUT2D eigenvalue weighted by Gasteiger charge is 2.23. The average molecular weight is 324 g/mol. The highest BCUT2D eigenvalue weighted by atomic mass is 35.5. The minimum absolute atomic E-state index is 0.226. The Morgan fingerprint density at radius 3 is 2.52 bits per heavy atom. The standard InChI is InChI=1S/C15H14ClNO3S/c1-9-8-21-13(12(9)16)14(18)17-11(15(19)20)7-10-5-3-2-4-6-10/h2-6,8,11H,7H2,1H3,(H,17,18)(H,19,20)/t11-/m0/s1. The minimum Gasteiger partial charge on any atom is -0.480 e. The van der Waals surface area contributed by atoms with Crippen LogP contribution >= 0.6 is 22.9 Å². The zero-order valence-corrected chi connectivity index (χ0v) is 12.9. The molecule has 1 amide bonds. The lowest BCUT2D eigenvalue weighted by Crippen LogP contribution is -2.42. The van der Waals surface area contributed by atoms with Gasteiger partial charge in [-0.05, 0) is 23.4 Å². The van der Waals surface area contributed by atoms with E-state index in [4.69, 9.17) is 11.6 Å². The summed E-state index contributed by atoms with van der Waals surface area (Å²) in [7, 11) is 0. The number of carbonyl (C=O) groups excluding carboxylic acids is 1. The van der Waals surface area contributed by atoms with Crippen molar-refractivity contribution < 1.29 is 14.7 Å². The lowest BCUT2D eigenvalue weighted by atomic mass is 10.1. The summed E-state index contributed by atoms with van der Waals surface area (Å²) in [6, 6.07) is 8.17. The monoisotopic (exact) mass is 323 g/mol. The second-order valence-electron chi connectivity index (χ2n) is 4.62. The zero-order valence-electron chi connectivity index (χ0n) is 11.3. The summed E-state index contributed by atoms with van der Waals surface area (Å²) >= 11 is 7.24. The van der Waals surface area contributed by atoms with Crippen LogP contribution < -0.4 is 5.32 Å². The second kappa shape index (κ2) is 6.74. The fourth-order valence-electron chi connectivity index (χ4n) is 1.86. The van der Waals surface area contributed by atoms with Gasteiger partial charge in [0.2, 0.25) is 0 Å². The van der Waals surface area contributed by atoms with Gasteiger partial charge in [0.25, 0.3) is 5.91 Å². The average Bonchev–Trinajstić information content (AvgIpc) is 2.79. The lowest BCUT2D eigenvalue weighted by molar-refractivity contribution is -0.139. The number of carboxylic acids is 1. The first-order valence-corrected chi connectivity index (χ1v) is 7.56. The van der Waals surface area contributed by atoms with Gasteiger partial charge in [0.15, 0.2) is 0 Å². The molecule has 21 heavy (non-hydrogen) atoms. The van der Waals surface area contributed by atoms with Gasteiger partial charge in [0.05, 0.1) is 5.02 Å². The molecule has 1 aromatic carbocycles. The summed E-state index contributed by atoms with van der Waals surface area (Å²) in [5.41, 5.74) is 1.65. The molecule has 0 bridgehead atoms. The Morgan fingerprint density at radius 1 is 1.33 bits per heavy atom. The van der Waals surface area contributed by atoms with E-state index in [9.17, 15) is 14.7 Å². The maximum atomic E-state index is 12.1. The maximum absolute atomic E-state index is 12.1. The van der Waals surface area contributed by atoms with Crippen LogP contribution in [0.2, 0.25) is 5.02 Å². The van der Waals surface area contributed by atoms with Crippen molar-refractivity contribution >= 4 is 34.8 Å². The van der Waals surface area contributed by atoms with Crippen molar-refractivity contribution in [2.75, 3.05) is 0 Å². The first-order valence-electron chi connectivity index (χ1n) is 6.30. The lowest BCUT2D eigenvalue weighted by Gasteiger charge is -2.14. The molecule has 1 atom stereocenters. The van der Waals surface area contributed by atoms with E-state index >= 15 is 0 Å². The van der Waals surface area contributed by atoms with Crippen LogP contribution in [0.15, 0.2) is 35.7 Å². The number of hydrogen-bond donors (Lipinski definition) is 2. The van der Waals surface area contributed by atoms with Gasteiger partial charge >= 0.3 is 5.97 Å². The van der Waals surface area contributed by atoms with Crippen LogP contribution in [-0.4, -0.2) is 23.0 Å². The van der Waals surface area contributed by atoms with Crippen molar-refractivity contribution in [1.29, 1.82) is 0 Å². The summed E-state index contributed by atoms with van der Waals surface area (Å²) in [6.45, 7) is 1.80. The number of hydrogen-bond acceptors (Lipinski definition) is 3. The molecular formula is C15H14ClNO3S. The molecule has 0 aliphatic heterocycles. The molecule has 4 nitrogen and oxygen atoms in total. The number of thiophene rings is 1. The van der Waals surface area contributed by atoms with Gasteiger partial charge in [-0.2, -0.15) is 0 Å². The third kappa shape index (κ3) is 3.83. The minimum atomic E-state index is -1.07. The van der Waals surface area contributed by atoms with Gasteiger partial charge in [-0.1, -0.05) is 41.9 Å². The van der Waals surface area contributed by atoms with E-state index in [1.165, 1.54) is 11.3 Å². The van der Waals surface area contributed by atoms with Crippen LogP contribution in [0.4, 0.5) is 0 Å². The van der Waals surface area contributed by atoms with Crippen molar-refractivity contribution in [1.82, 2.24) is 5.32 Å². The molecule has 1 aromatic heterocycles. The highest BCUT2D eigenvalue weighted by molar-refractivity contribution is 7.13. The van der Waals surface area contributed by atoms with Crippen LogP contribution in [0.25, 0.3) is 0 Å². The summed E-state index contributed by atoms with van der Waals surface area (Å²) in [6.07, 6.45) is 0.226. The molecule has 0 unspecified atom stereocenters. The van der Waals surface area contributed by atoms with Crippen molar-refractivity contribution in [3.8, 4) is 0 Å². The van der Waals surface area contributed by atoms with Crippen molar-refractivity contribution in [2.45, 2.75) is 19.4 Å². The largest absolute Gasteiger partial charge is 0.480 e. The molecule has 110 valence electrons. The number of aryl methyl sites for hydroxylation is 1. The first kappa shape index (κ1) is 15.5. The number of halogens is 1. The number of benzene rings is 1. The van der Waals surface area contributed by atoms with E-state index in [-0.39, 0.29) is 6.42 Å². The summed E-state index contributed by atoms with van der Waals surface area (Å²) in [4.78, 5) is 23.8. The number of amides is 1. The molecule has 0 fully saturated rings. The predicted molar refractivity (Wildman–Crippen MR) is 83.1 cm³/mol. The molecule has 0 radical (unpaired) electrons. The molecule has 0 saturated carbocycles. The summed E-state index contributed by atoms with van der Waals surface area (Å²) in [5.74, 6) is -1.53. The van der Waals surface area contributed by atoms with E-state index in [1.54, 1.807) is 12.3 Å². The van der Waals surface area contributed by atoms with E-state index in [2.05, 4.69) is 5.32 Å². The molecule has 2 N–H and O–H groups in total. The van der Waals surface area contributed by atoms with E-state index in [0.717, 1.165) is 11.1 Å². The number of aliphatic carboxylic acids is 1. The topological polar surface area (TPSA) is 66.4 Å². The number of rotatable bonds is 5. The molecule has 6 heteroatoms. The zero-order chi connectivity index (χ0) is 15.4. The molecule has 2 rings (SSSR count). The van der Waals surface area contributed by atoms with Gasteiger partial charge in [-0.15, -0.1) is 11.3 Å². The van der Waals surface area contributed by atoms with Gasteiger partial charge in [0, 0.05) is 6.42 Å². The van der Waals surface area contributed by atoms with Crippen molar-refractivity contribution in [2.24, 2.45) is 0 Å². The molecule has 1 heterocycles. The first-order chi connectivity index (χ1) is 9.99. The normalized spacial score (nSPS) is 11.9. The molecule has 0 aliphatic carbocycles. The quantitative estimate of drug-likeness (QED) is 0.888. The number of carbonyl (C=O) groups is 2. The predicted octanol–water partition coefficient (Wildman–Crippen LogP) is 3.14. The highest BCUT2D eigenvalue weighted by Crippen LogP contribution is 2.27. The Labute approximate surface area is 131 Å². The fraction of sp³-hybridized carbons (Fsp3) is 0.200. The molecule has 0 aliphatic rings. The van der Waals surface area contributed by atoms with Gasteiger partial charge in [-0.3, -0.25) is 4.79 Å². The molecular weight excluding hydrogens is 310 g/mol. The SMILES string of the molecule is Cc1csc(C(=O)N[C@@H](Cc2ccccc2)C(=O)O)c1Cl. The third-order valence-corrected chi connectivity index (χ3v) is 4.69. The Balaban J connectivity index is 2.11. The Morgan fingerprint density at radius 2 is 2.00 bits per heavy atom. The van der Waals surface area contributed by atoms with Crippen LogP contribution in [-0.2, 0) is 11.2 Å². The summed E-state index contributed by atoms with van der Waals surface area (Å²) < 4.78 is 0. The Hall–Kier alpha value is -1.85. The molecule has 2 aromatic rings. The third-order valence-electron chi connectivity index (χ3n) is 2.99. The second-order valence-corrected chi connectivity index (χ2v) is 5.87. The van der Waals surface area contributed by atoms with Gasteiger partial charge in [0.1, 0.15) is 10.9 Å². The van der Waals surface area contributed by atoms with Crippen LogP contribution in [0.1, 0.15) is 20.8 Å². The van der Waals surface area contributed by atoms with Crippen molar-refractivity contribution in [3.05, 3.63) is 56.7 Å². The van der Waals surface area contributed by atoms with Crippen molar-refractivity contribution in [3.63, 3.8) is 0 Å². The van der Waals surface area contributed by atoms with Crippen LogP contribution in [0.5, 0.6) is 0 Å². The maximum Gasteiger partial charge on any atom is 0.326 e. The van der Waals surface area contributed by atoms with Crippen LogP contribution in [0.3, 0.4) is 0 Å².